The Labute approximate surface area is 365 Å². The molecule has 0 atom stereocenters. The van der Waals surface area contributed by atoms with Gasteiger partial charge in [-0.05, 0) is 158 Å². The number of hydrogen-bond acceptors (Lipinski definition) is 0. The van der Waals surface area contributed by atoms with Crippen molar-refractivity contribution in [1.82, 2.24) is 18.3 Å². The molecule has 0 radical (unpaired) electrons. The molecule has 0 fully saturated rings. The van der Waals surface area contributed by atoms with Crippen LogP contribution in [0.4, 0.5) is 0 Å². The lowest BCUT2D eigenvalue weighted by molar-refractivity contribution is 0.968. The quantitative estimate of drug-likeness (QED) is 0.136. The minimum atomic E-state index is -1.29. The topological polar surface area (TPSA) is 19.7 Å². The van der Waals surface area contributed by atoms with Crippen molar-refractivity contribution in [3.05, 3.63) is 131 Å². The molecule has 4 aromatic carbocycles. The zero-order chi connectivity index (χ0) is 44.1. The van der Waals surface area contributed by atoms with E-state index in [1.165, 1.54) is 113 Å². The third-order valence-electron chi connectivity index (χ3n) is 14.5. The first-order valence-corrected chi connectivity index (χ1v) is 27.9. The van der Waals surface area contributed by atoms with Gasteiger partial charge in [0.25, 0.3) is 0 Å². The Morgan fingerprint density at radius 2 is 0.700 bits per heavy atom. The van der Waals surface area contributed by atoms with Gasteiger partial charge in [0.05, 0.1) is 0 Å². The van der Waals surface area contributed by atoms with Crippen LogP contribution in [0.25, 0.3) is 43.6 Å². The molecule has 0 aliphatic carbocycles. The van der Waals surface area contributed by atoms with Gasteiger partial charge in [0.1, 0.15) is 16.1 Å². The zero-order valence-corrected chi connectivity index (χ0v) is 42.3. The monoisotopic (exact) mass is 837 g/mol. The first-order chi connectivity index (χ1) is 28.5. The Bertz CT molecular complexity index is 2670. The largest absolute Gasteiger partial charge is 0.352 e. The van der Waals surface area contributed by atoms with Crippen LogP contribution in [-0.2, 0) is 28.2 Å². The van der Waals surface area contributed by atoms with Crippen molar-refractivity contribution in [3.8, 4) is 0 Å². The van der Waals surface area contributed by atoms with E-state index in [4.69, 9.17) is 0 Å². The Hall–Kier alpha value is -4.53. The normalized spacial score (nSPS) is 11.7. The molecular weight excluding hydrogens is 761 g/mol. The fourth-order valence-corrected chi connectivity index (χ4v) is 17.4. The van der Waals surface area contributed by atoms with Crippen LogP contribution in [-0.4, -0.2) is 34.4 Å². The Balaban J connectivity index is 0.000000155. The number of aryl methyl sites for hydroxylation is 10. The number of rotatable bonds is 8. The zero-order valence-electron chi connectivity index (χ0n) is 40.3. The van der Waals surface area contributed by atoms with E-state index in [0.29, 0.717) is 0 Å². The molecule has 0 spiro atoms. The molecule has 4 aromatic heterocycles. The van der Waals surface area contributed by atoms with Gasteiger partial charge in [-0.2, -0.15) is 0 Å². The SMILES string of the molecule is CC[Si](CC)(CC)c1cc2cc(C)c(C)cc2n1C.CC[Si](CC)(CC)c1cc2cc(C)ccc2n1C.Cc1cc2ccn(C)c2cc1C.Cc1ccc2c(ccn2C)c1. The molecule has 0 bridgehead atoms. The van der Waals surface area contributed by atoms with Crippen LogP contribution in [0.2, 0.25) is 36.3 Å². The lowest BCUT2D eigenvalue weighted by Crippen LogP contribution is -2.48. The third-order valence-corrected chi connectivity index (χ3v) is 25.8. The van der Waals surface area contributed by atoms with Crippen molar-refractivity contribution in [2.24, 2.45) is 28.2 Å². The summed E-state index contributed by atoms with van der Waals surface area (Å²) in [5.74, 6) is 0. The van der Waals surface area contributed by atoms with Gasteiger partial charge in [-0.15, -0.1) is 0 Å². The van der Waals surface area contributed by atoms with Crippen molar-refractivity contribution < 1.29 is 0 Å². The number of fused-ring (bicyclic) bond motifs is 4. The van der Waals surface area contributed by atoms with E-state index >= 15 is 0 Å². The predicted molar refractivity (Wildman–Crippen MR) is 274 cm³/mol. The second-order valence-corrected chi connectivity index (χ2v) is 28.2. The highest BCUT2D eigenvalue weighted by Crippen LogP contribution is 2.27. The molecule has 0 amide bonds. The predicted octanol–water partition coefficient (Wildman–Crippen LogP) is 14.0. The molecule has 4 heterocycles. The minimum absolute atomic E-state index is 1.28. The van der Waals surface area contributed by atoms with Gasteiger partial charge >= 0.3 is 0 Å². The van der Waals surface area contributed by atoms with Crippen LogP contribution in [0.3, 0.4) is 0 Å². The van der Waals surface area contributed by atoms with E-state index < -0.39 is 16.1 Å². The molecule has 0 saturated carbocycles. The first kappa shape index (κ1) is 46.5. The maximum atomic E-state index is 2.48. The summed E-state index contributed by atoms with van der Waals surface area (Å²) in [5.41, 5.74) is 13.6. The van der Waals surface area contributed by atoms with Crippen molar-refractivity contribution in [2.75, 3.05) is 0 Å². The summed E-state index contributed by atoms with van der Waals surface area (Å²) in [4.78, 5) is 0. The smallest absolute Gasteiger partial charge is 0.107 e. The molecule has 0 N–H and O–H groups in total. The minimum Gasteiger partial charge on any atom is -0.352 e. The van der Waals surface area contributed by atoms with Gasteiger partial charge in [-0.3, -0.25) is 0 Å². The summed E-state index contributed by atoms with van der Waals surface area (Å²) in [5, 5.41) is 8.77. The summed E-state index contributed by atoms with van der Waals surface area (Å²) < 4.78 is 9.22. The average molecular weight is 837 g/mol. The molecule has 0 saturated heterocycles. The van der Waals surface area contributed by atoms with E-state index in [1.54, 1.807) is 10.6 Å². The summed E-state index contributed by atoms with van der Waals surface area (Å²) in [6.45, 7) is 27.3. The average Bonchev–Trinajstić information content (AvgIpc) is 3.98. The van der Waals surface area contributed by atoms with Gasteiger partial charge in [-0.1, -0.05) is 101 Å². The lowest BCUT2D eigenvalue weighted by Gasteiger charge is -2.28. The highest BCUT2D eigenvalue weighted by atomic mass is 28.3. The van der Waals surface area contributed by atoms with Crippen LogP contribution in [0.15, 0.2) is 97.3 Å². The molecular formula is C54H76N4Si2. The fraction of sp³-hybridized carbons (Fsp3) is 0.407. The standard InChI is InChI=1S/C17H27NSi.C16H25NSi.C11H13N.C10H11N/c1-7-19(8-2,9-3)17-12-15-10-13(4)14(5)11-16(15)18(17)6;1-6-18(7-2,8-3)16-12-14-11-13(4)9-10-15(14)17(16)5;1-8-6-10-4-5-12(3)11(10)7-9(8)2;1-8-3-4-10-9(7-8)5-6-11(10)2/h10-12H,7-9H2,1-6H3;9-12H,6-8H2,1-5H3;4-7H,1-3H3;3-7H,1-2H3. The van der Waals surface area contributed by atoms with Crippen molar-refractivity contribution >= 4 is 70.4 Å². The maximum Gasteiger partial charge on any atom is 0.107 e. The van der Waals surface area contributed by atoms with E-state index in [-0.39, 0.29) is 0 Å². The Kier molecular flexibility index (Phi) is 15.1. The second-order valence-electron chi connectivity index (χ2n) is 17.8. The Morgan fingerprint density at radius 1 is 0.350 bits per heavy atom. The van der Waals surface area contributed by atoms with Crippen LogP contribution in [0.1, 0.15) is 74.9 Å². The summed E-state index contributed by atoms with van der Waals surface area (Å²) in [6.07, 6.45) is 4.19. The molecule has 0 aliphatic heterocycles. The number of aromatic nitrogens is 4. The molecule has 60 heavy (non-hydrogen) atoms. The van der Waals surface area contributed by atoms with E-state index in [2.05, 4.69) is 227 Å². The summed E-state index contributed by atoms with van der Waals surface area (Å²) in [7, 11) is 6.08. The van der Waals surface area contributed by atoms with Gasteiger partial charge in [-0.25, -0.2) is 0 Å². The number of nitrogens with zero attached hydrogens (tertiary/aromatic N) is 4. The molecule has 4 nitrogen and oxygen atoms in total. The fourth-order valence-electron chi connectivity index (χ4n) is 9.61. The van der Waals surface area contributed by atoms with E-state index in [1.807, 2.05) is 0 Å². The molecule has 8 rings (SSSR count). The lowest BCUT2D eigenvalue weighted by atomic mass is 10.1. The van der Waals surface area contributed by atoms with E-state index in [0.717, 1.165) is 0 Å². The highest BCUT2D eigenvalue weighted by molar-refractivity contribution is 6.92. The summed E-state index contributed by atoms with van der Waals surface area (Å²) in [6, 6.07) is 39.8. The van der Waals surface area contributed by atoms with Crippen molar-refractivity contribution in [2.45, 2.75) is 119 Å². The third kappa shape index (κ3) is 9.35. The van der Waals surface area contributed by atoms with Gasteiger partial charge in [0, 0.05) is 73.3 Å². The van der Waals surface area contributed by atoms with Gasteiger partial charge in [0.2, 0.25) is 0 Å². The van der Waals surface area contributed by atoms with Crippen molar-refractivity contribution in [1.29, 1.82) is 0 Å². The molecule has 320 valence electrons. The molecule has 0 unspecified atom stereocenters. The molecule has 0 aliphatic rings. The molecule has 6 heteroatoms. The summed E-state index contributed by atoms with van der Waals surface area (Å²) >= 11 is 0. The second kappa shape index (κ2) is 19.5. The van der Waals surface area contributed by atoms with Crippen LogP contribution < -0.4 is 10.6 Å². The van der Waals surface area contributed by atoms with E-state index in [9.17, 15) is 0 Å². The van der Waals surface area contributed by atoms with Crippen LogP contribution in [0, 0.1) is 41.5 Å². The maximum absolute atomic E-state index is 2.48. The number of hydrogen-bond donors (Lipinski definition) is 0. The van der Waals surface area contributed by atoms with Gasteiger partial charge in [0.15, 0.2) is 0 Å². The van der Waals surface area contributed by atoms with Crippen LogP contribution in [0.5, 0.6) is 0 Å². The van der Waals surface area contributed by atoms with Crippen molar-refractivity contribution in [3.63, 3.8) is 0 Å². The Morgan fingerprint density at radius 3 is 1.18 bits per heavy atom. The highest BCUT2D eigenvalue weighted by Gasteiger charge is 2.33. The molecule has 8 aromatic rings. The first-order valence-electron chi connectivity index (χ1n) is 22.7. The van der Waals surface area contributed by atoms with Gasteiger partial charge < -0.3 is 18.3 Å². The van der Waals surface area contributed by atoms with Crippen LogP contribution >= 0.6 is 0 Å². The number of benzene rings is 4.